The lowest BCUT2D eigenvalue weighted by molar-refractivity contribution is 0.293. The van der Waals surface area contributed by atoms with Crippen molar-refractivity contribution in [3.05, 3.63) is 34.5 Å². The van der Waals surface area contributed by atoms with Crippen molar-refractivity contribution >= 4 is 11.3 Å². The zero-order valence-corrected chi connectivity index (χ0v) is 7.89. The molecule has 0 saturated heterocycles. The number of hydrogen-bond acceptors (Lipinski definition) is 2. The Morgan fingerprint density at radius 2 is 2.42 bits per heavy atom. The average molecular weight is 179 g/mol. The quantitative estimate of drug-likeness (QED) is 0.630. The topological polar surface area (TPSA) is 3.24 Å². The molecule has 0 unspecified atom stereocenters. The summed E-state index contributed by atoms with van der Waals surface area (Å²) >= 11 is 1.85. The highest BCUT2D eigenvalue weighted by Gasteiger charge is 2.06. The molecule has 0 aromatic carbocycles. The summed E-state index contributed by atoms with van der Waals surface area (Å²) in [5.41, 5.74) is 0. The van der Waals surface area contributed by atoms with Crippen molar-refractivity contribution < 1.29 is 0 Å². The molecule has 1 aliphatic heterocycles. The van der Waals surface area contributed by atoms with E-state index in [4.69, 9.17) is 0 Å². The van der Waals surface area contributed by atoms with Crippen molar-refractivity contribution in [3.63, 3.8) is 0 Å². The Morgan fingerprint density at radius 1 is 1.42 bits per heavy atom. The van der Waals surface area contributed by atoms with Crippen molar-refractivity contribution in [3.8, 4) is 0 Å². The third-order valence-electron chi connectivity index (χ3n) is 2.10. The van der Waals surface area contributed by atoms with Crippen LogP contribution in [-0.2, 0) is 6.54 Å². The van der Waals surface area contributed by atoms with Gasteiger partial charge in [0.15, 0.2) is 0 Å². The standard InChI is InChI=1S/C10H13NS/c1-2-6-11(7-3-1)9-10-5-4-8-12-10/h1-2,4-5,8H,3,6-7,9H2. The fraction of sp³-hybridized carbons (Fsp3) is 0.400. The van der Waals surface area contributed by atoms with Gasteiger partial charge in [0.25, 0.3) is 0 Å². The molecule has 0 aliphatic carbocycles. The van der Waals surface area contributed by atoms with Crippen LogP contribution in [0.15, 0.2) is 29.7 Å². The summed E-state index contributed by atoms with van der Waals surface area (Å²) in [7, 11) is 0. The predicted octanol–water partition coefficient (Wildman–Crippen LogP) is 2.51. The zero-order valence-electron chi connectivity index (χ0n) is 7.07. The molecule has 2 heterocycles. The van der Waals surface area contributed by atoms with Gasteiger partial charge in [0.1, 0.15) is 0 Å². The SMILES string of the molecule is C1=CCN(Cc2cccs2)CC1. The third-order valence-corrected chi connectivity index (χ3v) is 2.96. The normalized spacial score (nSPS) is 18.3. The summed E-state index contributed by atoms with van der Waals surface area (Å²) in [5.74, 6) is 0. The number of thiophene rings is 1. The van der Waals surface area contributed by atoms with Crippen LogP contribution in [0.4, 0.5) is 0 Å². The number of nitrogens with zero attached hydrogens (tertiary/aromatic N) is 1. The van der Waals surface area contributed by atoms with E-state index in [0.717, 1.165) is 13.1 Å². The molecule has 1 aliphatic rings. The third kappa shape index (κ3) is 1.96. The monoisotopic (exact) mass is 179 g/mol. The summed E-state index contributed by atoms with van der Waals surface area (Å²) in [6.45, 7) is 3.47. The summed E-state index contributed by atoms with van der Waals surface area (Å²) in [5, 5.41) is 2.15. The molecule has 0 spiro atoms. The maximum atomic E-state index is 2.48. The molecule has 0 radical (unpaired) electrons. The van der Waals surface area contributed by atoms with Crippen LogP contribution >= 0.6 is 11.3 Å². The molecule has 0 amide bonds. The zero-order chi connectivity index (χ0) is 8.23. The second-order valence-corrected chi connectivity index (χ2v) is 4.11. The fourth-order valence-corrected chi connectivity index (χ4v) is 2.20. The van der Waals surface area contributed by atoms with Gasteiger partial charge in [0, 0.05) is 24.5 Å². The van der Waals surface area contributed by atoms with E-state index < -0.39 is 0 Å². The highest BCUT2D eigenvalue weighted by Crippen LogP contribution is 2.13. The number of rotatable bonds is 2. The Kier molecular flexibility index (Phi) is 2.59. The highest BCUT2D eigenvalue weighted by atomic mass is 32.1. The van der Waals surface area contributed by atoms with Crippen LogP contribution < -0.4 is 0 Å². The van der Waals surface area contributed by atoms with Crippen molar-refractivity contribution in [2.24, 2.45) is 0 Å². The van der Waals surface area contributed by atoms with Crippen LogP contribution in [0.3, 0.4) is 0 Å². The Morgan fingerprint density at radius 3 is 3.08 bits per heavy atom. The van der Waals surface area contributed by atoms with Gasteiger partial charge in [-0.1, -0.05) is 18.2 Å². The first kappa shape index (κ1) is 8.02. The van der Waals surface area contributed by atoms with Crippen LogP contribution in [0.1, 0.15) is 11.3 Å². The molecule has 64 valence electrons. The minimum atomic E-state index is 1.12. The smallest absolute Gasteiger partial charge is 0.0331 e. The van der Waals surface area contributed by atoms with Crippen LogP contribution in [-0.4, -0.2) is 18.0 Å². The lowest BCUT2D eigenvalue weighted by Gasteiger charge is -2.21. The van der Waals surface area contributed by atoms with Gasteiger partial charge in [-0.15, -0.1) is 11.3 Å². The van der Waals surface area contributed by atoms with E-state index in [1.807, 2.05) is 11.3 Å². The lowest BCUT2D eigenvalue weighted by atomic mass is 10.2. The predicted molar refractivity (Wildman–Crippen MR) is 53.4 cm³/mol. The molecular weight excluding hydrogens is 166 g/mol. The first-order valence-electron chi connectivity index (χ1n) is 4.35. The highest BCUT2D eigenvalue weighted by molar-refractivity contribution is 7.09. The Hall–Kier alpha value is -0.600. The van der Waals surface area contributed by atoms with Gasteiger partial charge in [-0.25, -0.2) is 0 Å². The molecule has 1 aromatic rings. The molecule has 1 aromatic heterocycles. The summed E-state index contributed by atoms with van der Waals surface area (Å²) < 4.78 is 0. The van der Waals surface area contributed by atoms with E-state index in [0.29, 0.717) is 0 Å². The number of hydrogen-bond donors (Lipinski definition) is 0. The maximum absolute atomic E-state index is 2.48. The van der Waals surface area contributed by atoms with Gasteiger partial charge in [0.2, 0.25) is 0 Å². The minimum absolute atomic E-state index is 1.12. The van der Waals surface area contributed by atoms with E-state index in [-0.39, 0.29) is 0 Å². The Labute approximate surface area is 77.3 Å². The van der Waals surface area contributed by atoms with Crippen molar-refractivity contribution in [2.45, 2.75) is 13.0 Å². The first-order chi connectivity index (χ1) is 5.95. The molecule has 0 saturated carbocycles. The van der Waals surface area contributed by atoms with Gasteiger partial charge >= 0.3 is 0 Å². The van der Waals surface area contributed by atoms with E-state index in [2.05, 4.69) is 34.6 Å². The van der Waals surface area contributed by atoms with Crippen molar-refractivity contribution in [1.29, 1.82) is 0 Å². The van der Waals surface area contributed by atoms with Gasteiger partial charge < -0.3 is 0 Å². The lowest BCUT2D eigenvalue weighted by Crippen LogP contribution is -2.26. The van der Waals surface area contributed by atoms with Gasteiger partial charge in [-0.05, 0) is 17.9 Å². The van der Waals surface area contributed by atoms with Gasteiger partial charge in [-0.3, -0.25) is 4.90 Å². The van der Waals surface area contributed by atoms with Crippen LogP contribution in [0.25, 0.3) is 0 Å². The molecule has 0 fully saturated rings. The summed E-state index contributed by atoms with van der Waals surface area (Å²) in [6.07, 6.45) is 5.74. The van der Waals surface area contributed by atoms with E-state index in [1.165, 1.54) is 17.8 Å². The second-order valence-electron chi connectivity index (χ2n) is 3.07. The molecule has 0 N–H and O–H groups in total. The minimum Gasteiger partial charge on any atom is -0.294 e. The largest absolute Gasteiger partial charge is 0.294 e. The Balaban J connectivity index is 1.91. The average Bonchev–Trinajstić information content (AvgIpc) is 2.59. The first-order valence-corrected chi connectivity index (χ1v) is 5.23. The van der Waals surface area contributed by atoms with Crippen molar-refractivity contribution in [1.82, 2.24) is 4.90 Å². The maximum Gasteiger partial charge on any atom is 0.0331 e. The van der Waals surface area contributed by atoms with Crippen LogP contribution in [0, 0.1) is 0 Å². The molecule has 12 heavy (non-hydrogen) atoms. The van der Waals surface area contributed by atoms with E-state index >= 15 is 0 Å². The second kappa shape index (κ2) is 3.87. The van der Waals surface area contributed by atoms with E-state index in [9.17, 15) is 0 Å². The van der Waals surface area contributed by atoms with E-state index in [1.54, 1.807) is 0 Å². The molecule has 1 nitrogen and oxygen atoms in total. The summed E-state index contributed by atoms with van der Waals surface area (Å²) in [4.78, 5) is 3.96. The Bertz CT molecular complexity index is 251. The molecule has 2 rings (SSSR count). The van der Waals surface area contributed by atoms with Gasteiger partial charge in [0.05, 0.1) is 0 Å². The molecule has 0 bridgehead atoms. The molecule has 2 heteroatoms. The van der Waals surface area contributed by atoms with Crippen LogP contribution in [0.2, 0.25) is 0 Å². The molecular formula is C10H13NS. The fourth-order valence-electron chi connectivity index (χ4n) is 1.46. The summed E-state index contributed by atoms with van der Waals surface area (Å²) in [6, 6.07) is 4.34. The van der Waals surface area contributed by atoms with Gasteiger partial charge in [-0.2, -0.15) is 0 Å². The molecule has 0 atom stereocenters. The van der Waals surface area contributed by atoms with Crippen LogP contribution in [0.5, 0.6) is 0 Å². The van der Waals surface area contributed by atoms with Crippen molar-refractivity contribution in [2.75, 3.05) is 13.1 Å².